The third-order valence-corrected chi connectivity index (χ3v) is 7.05. The van der Waals surface area contributed by atoms with E-state index in [1.54, 1.807) is 12.4 Å². The van der Waals surface area contributed by atoms with Crippen LogP contribution in [0.1, 0.15) is 50.1 Å². The topological polar surface area (TPSA) is 98.7 Å². The van der Waals surface area contributed by atoms with Crippen LogP contribution in [0.3, 0.4) is 0 Å². The van der Waals surface area contributed by atoms with E-state index in [4.69, 9.17) is 0 Å². The van der Waals surface area contributed by atoms with Crippen molar-refractivity contribution in [3.05, 3.63) is 18.0 Å². The number of piperazine rings is 1. The lowest BCUT2D eigenvalue weighted by atomic mass is 9.71. The summed E-state index contributed by atoms with van der Waals surface area (Å²) in [5.41, 5.74) is 0.890. The van der Waals surface area contributed by atoms with Gasteiger partial charge in [0.25, 0.3) is 0 Å². The van der Waals surface area contributed by atoms with Gasteiger partial charge in [0.1, 0.15) is 0 Å². The number of aliphatic hydroxyl groups excluding tert-OH is 1. The van der Waals surface area contributed by atoms with Gasteiger partial charge < -0.3 is 20.2 Å². The monoisotopic (exact) mass is 399 g/mol. The summed E-state index contributed by atoms with van der Waals surface area (Å²) in [7, 11) is 0. The van der Waals surface area contributed by atoms with Gasteiger partial charge in [0.05, 0.1) is 12.1 Å². The average molecular weight is 399 g/mol. The third kappa shape index (κ3) is 3.70. The molecule has 2 saturated heterocycles. The molecular weight excluding hydrogens is 370 g/mol. The van der Waals surface area contributed by atoms with E-state index in [1.165, 1.54) is 0 Å². The zero-order valence-corrected chi connectivity index (χ0v) is 16.7. The highest BCUT2D eigenvalue weighted by Gasteiger charge is 2.42. The summed E-state index contributed by atoms with van der Waals surface area (Å²) in [6.45, 7) is 2.93. The van der Waals surface area contributed by atoms with Crippen LogP contribution in [-0.2, 0) is 9.59 Å². The molecule has 3 heterocycles. The molecule has 156 valence electrons. The largest absolute Gasteiger partial charge is 0.393 e. The fourth-order valence-electron chi connectivity index (χ4n) is 5.11. The lowest BCUT2D eigenvalue weighted by Gasteiger charge is -2.41. The highest BCUT2D eigenvalue weighted by atomic mass is 16.3. The lowest BCUT2D eigenvalue weighted by Crippen LogP contribution is -2.50. The molecule has 0 aromatic carbocycles. The van der Waals surface area contributed by atoms with Crippen LogP contribution in [0.4, 0.5) is 5.95 Å². The number of piperidine rings is 1. The Balaban J connectivity index is 1.21. The van der Waals surface area contributed by atoms with Crippen LogP contribution in [-0.4, -0.2) is 64.1 Å². The number of aromatic nitrogens is 2. The second kappa shape index (κ2) is 7.55. The molecule has 1 aromatic heterocycles. The quantitative estimate of drug-likeness (QED) is 0.783. The van der Waals surface area contributed by atoms with Crippen LogP contribution >= 0.6 is 0 Å². The van der Waals surface area contributed by atoms with Crippen molar-refractivity contribution in [3.8, 4) is 0 Å². The fraction of sp³-hybridized carbons (Fsp3) is 0.714. The number of nitrogens with one attached hydrogen (secondary N) is 1. The Hall–Kier alpha value is -2.22. The highest BCUT2D eigenvalue weighted by molar-refractivity contribution is 5.81. The van der Waals surface area contributed by atoms with E-state index in [9.17, 15) is 14.7 Å². The van der Waals surface area contributed by atoms with Crippen LogP contribution in [0.15, 0.2) is 12.4 Å². The van der Waals surface area contributed by atoms with E-state index in [-0.39, 0.29) is 29.7 Å². The second-order valence-corrected chi connectivity index (χ2v) is 8.97. The third-order valence-electron chi connectivity index (χ3n) is 7.05. The summed E-state index contributed by atoms with van der Waals surface area (Å²) in [6.07, 6.45) is 8.59. The number of aliphatic hydroxyl groups is 1. The Morgan fingerprint density at radius 1 is 1.07 bits per heavy atom. The Bertz CT molecular complexity index is 773. The van der Waals surface area contributed by atoms with Gasteiger partial charge in [-0.1, -0.05) is 6.42 Å². The van der Waals surface area contributed by atoms with Gasteiger partial charge in [-0.05, 0) is 38.0 Å². The van der Waals surface area contributed by atoms with E-state index in [0.717, 1.165) is 70.3 Å². The maximum Gasteiger partial charge on any atom is 0.225 e. The van der Waals surface area contributed by atoms with Gasteiger partial charge in [-0.3, -0.25) is 9.59 Å². The molecule has 4 unspecified atom stereocenters. The summed E-state index contributed by atoms with van der Waals surface area (Å²) >= 11 is 0. The Kier molecular flexibility index (Phi) is 4.89. The van der Waals surface area contributed by atoms with E-state index >= 15 is 0 Å². The van der Waals surface area contributed by atoms with E-state index in [2.05, 4.69) is 20.2 Å². The van der Waals surface area contributed by atoms with Crippen LogP contribution in [0.25, 0.3) is 0 Å². The molecule has 0 radical (unpaired) electrons. The number of anilines is 1. The minimum atomic E-state index is -0.392. The van der Waals surface area contributed by atoms with Crippen molar-refractivity contribution in [3.63, 3.8) is 0 Å². The standard InChI is InChI=1S/C21H29N5O3/c27-18-3-1-2-15-16(18)10-17(24-19(15)28)14-11-22-21(23-12-14)26-8-6-25(7-9-26)20(29)13-4-5-13/h11-13,15-18,27H,1-10H2,(H,24,28). The molecule has 0 bridgehead atoms. The number of hydrogen-bond donors (Lipinski definition) is 2. The molecule has 1 aromatic rings. The van der Waals surface area contributed by atoms with Crippen molar-refractivity contribution in [2.24, 2.45) is 17.8 Å². The number of rotatable bonds is 3. The van der Waals surface area contributed by atoms with Crippen molar-refractivity contribution in [2.45, 2.75) is 50.7 Å². The smallest absolute Gasteiger partial charge is 0.225 e. The minimum absolute atomic E-state index is 0.0271. The second-order valence-electron chi connectivity index (χ2n) is 8.97. The number of amides is 2. The van der Waals surface area contributed by atoms with Gasteiger partial charge in [-0.2, -0.15) is 0 Å². The van der Waals surface area contributed by atoms with Gasteiger partial charge in [0.2, 0.25) is 17.8 Å². The maximum absolute atomic E-state index is 12.5. The zero-order chi connectivity index (χ0) is 20.0. The molecule has 2 aliphatic carbocycles. The predicted molar refractivity (Wildman–Crippen MR) is 106 cm³/mol. The zero-order valence-electron chi connectivity index (χ0n) is 16.7. The number of carbonyl (C=O) groups is 2. The van der Waals surface area contributed by atoms with Crippen molar-refractivity contribution in [1.82, 2.24) is 20.2 Å². The molecular formula is C21H29N5O3. The summed E-state index contributed by atoms with van der Waals surface area (Å²) in [4.78, 5) is 37.9. The molecule has 5 rings (SSSR count). The summed E-state index contributed by atoms with van der Waals surface area (Å²) in [6, 6.07) is -0.140. The lowest BCUT2D eigenvalue weighted by molar-refractivity contribution is -0.136. The molecule has 4 aliphatic rings. The Labute approximate surface area is 170 Å². The van der Waals surface area contributed by atoms with E-state index < -0.39 is 6.10 Å². The van der Waals surface area contributed by atoms with Gasteiger partial charge in [-0.25, -0.2) is 9.97 Å². The Morgan fingerprint density at radius 2 is 1.79 bits per heavy atom. The molecule has 2 N–H and O–H groups in total. The first-order chi connectivity index (χ1) is 14.1. The number of carbonyl (C=O) groups excluding carboxylic acids is 2. The Morgan fingerprint density at radius 3 is 2.48 bits per heavy atom. The molecule has 29 heavy (non-hydrogen) atoms. The van der Waals surface area contributed by atoms with Crippen LogP contribution in [0, 0.1) is 17.8 Å². The van der Waals surface area contributed by atoms with E-state index in [1.807, 2.05) is 4.90 Å². The molecule has 2 saturated carbocycles. The molecule has 0 spiro atoms. The van der Waals surface area contributed by atoms with Crippen LogP contribution in [0.2, 0.25) is 0 Å². The molecule has 4 atom stereocenters. The first-order valence-corrected chi connectivity index (χ1v) is 10.9. The van der Waals surface area contributed by atoms with Gasteiger partial charge in [-0.15, -0.1) is 0 Å². The summed E-state index contributed by atoms with van der Waals surface area (Å²) in [5, 5.41) is 13.5. The van der Waals surface area contributed by atoms with Crippen LogP contribution in [0.5, 0.6) is 0 Å². The first-order valence-electron chi connectivity index (χ1n) is 10.9. The predicted octanol–water partition coefficient (Wildman–Crippen LogP) is 0.873. The SMILES string of the molecule is O=C1NC(c2cnc(N3CCN(C(=O)C4CC4)CC3)nc2)CC2C(O)CCCC12. The molecule has 8 nitrogen and oxygen atoms in total. The van der Waals surface area contributed by atoms with Crippen LogP contribution < -0.4 is 10.2 Å². The van der Waals surface area contributed by atoms with Gasteiger partial charge in [0.15, 0.2) is 0 Å². The minimum Gasteiger partial charge on any atom is -0.393 e. The van der Waals surface area contributed by atoms with Gasteiger partial charge in [0, 0.05) is 56.0 Å². The molecule has 2 amide bonds. The summed E-state index contributed by atoms with van der Waals surface area (Å²) in [5.74, 6) is 1.25. The first kappa shape index (κ1) is 18.8. The molecule has 8 heteroatoms. The normalized spacial score (nSPS) is 32.5. The van der Waals surface area contributed by atoms with Crippen molar-refractivity contribution in [2.75, 3.05) is 31.1 Å². The average Bonchev–Trinajstić information content (AvgIpc) is 3.60. The maximum atomic E-state index is 12.5. The number of hydrogen-bond acceptors (Lipinski definition) is 6. The highest BCUT2D eigenvalue weighted by Crippen LogP contribution is 2.40. The van der Waals surface area contributed by atoms with Gasteiger partial charge >= 0.3 is 0 Å². The number of fused-ring (bicyclic) bond motifs is 1. The van der Waals surface area contributed by atoms with E-state index in [0.29, 0.717) is 11.9 Å². The fourth-order valence-corrected chi connectivity index (χ4v) is 5.11. The molecule has 4 fully saturated rings. The van der Waals surface area contributed by atoms with Crippen molar-refractivity contribution in [1.29, 1.82) is 0 Å². The van der Waals surface area contributed by atoms with Crippen molar-refractivity contribution < 1.29 is 14.7 Å². The number of nitrogens with zero attached hydrogens (tertiary/aromatic N) is 4. The van der Waals surface area contributed by atoms with Crippen molar-refractivity contribution >= 4 is 17.8 Å². The summed E-state index contributed by atoms with van der Waals surface area (Å²) < 4.78 is 0. The molecule has 2 aliphatic heterocycles.